The van der Waals surface area contributed by atoms with E-state index in [0.29, 0.717) is 25.7 Å². The van der Waals surface area contributed by atoms with Gasteiger partial charge in [-0.3, -0.25) is 9.59 Å². The molecular formula is C36H60Br2N4O2. The fourth-order valence-electron chi connectivity index (χ4n) is 5.25. The molecule has 2 N–H and O–H groups in total. The van der Waals surface area contributed by atoms with Crippen LogP contribution in [-0.4, -0.2) is 11.8 Å². The Hall–Kier alpha value is -1.80. The van der Waals surface area contributed by atoms with Gasteiger partial charge in [-0.1, -0.05) is 90.9 Å². The number of hydrogen-bond donors (Lipinski definition) is 2. The van der Waals surface area contributed by atoms with Crippen molar-refractivity contribution in [2.45, 2.75) is 155 Å². The lowest BCUT2D eigenvalue weighted by Gasteiger charge is -2.06. The Labute approximate surface area is 289 Å². The molecule has 2 rings (SSSR count). The predicted molar refractivity (Wildman–Crippen MR) is 174 cm³/mol. The summed E-state index contributed by atoms with van der Waals surface area (Å²) in [6.45, 7) is 6.56. The van der Waals surface area contributed by atoms with Gasteiger partial charge >= 0.3 is 0 Å². The van der Waals surface area contributed by atoms with Crippen molar-refractivity contribution in [3.63, 3.8) is 0 Å². The van der Waals surface area contributed by atoms with Gasteiger partial charge in [0.05, 0.1) is 11.4 Å². The predicted octanol–water partition coefficient (Wildman–Crippen LogP) is 2.69. The van der Waals surface area contributed by atoms with E-state index < -0.39 is 0 Å². The zero-order chi connectivity index (χ0) is 30.1. The van der Waals surface area contributed by atoms with Gasteiger partial charge in [-0.05, 0) is 25.7 Å². The molecule has 0 unspecified atom stereocenters. The third kappa shape index (κ3) is 21.8. The van der Waals surface area contributed by atoms with E-state index in [4.69, 9.17) is 0 Å². The van der Waals surface area contributed by atoms with E-state index >= 15 is 0 Å². The lowest BCUT2D eigenvalue weighted by atomic mass is 10.1. The number of nitrogens with zero attached hydrogens (tertiary/aromatic N) is 2. The van der Waals surface area contributed by atoms with Crippen LogP contribution in [-0.2, 0) is 22.7 Å². The first-order valence-corrected chi connectivity index (χ1v) is 17.2. The molecule has 8 heteroatoms. The van der Waals surface area contributed by atoms with Crippen LogP contribution in [0.2, 0.25) is 0 Å². The summed E-state index contributed by atoms with van der Waals surface area (Å²) in [6, 6.07) is 7.87. The number of halogens is 2. The highest BCUT2D eigenvalue weighted by atomic mass is 79.9. The third-order valence-corrected chi connectivity index (χ3v) is 7.95. The third-order valence-electron chi connectivity index (χ3n) is 7.95. The number of nitrogens with one attached hydrogen (secondary N) is 2. The Morgan fingerprint density at radius 1 is 0.477 bits per heavy atom. The Kier molecular flexibility index (Phi) is 27.5. The number of amides is 2. The molecule has 0 aliphatic heterocycles. The van der Waals surface area contributed by atoms with Crippen LogP contribution in [0, 0.1) is 0 Å². The summed E-state index contributed by atoms with van der Waals surface area (Å²) in [6.07, 6.45) is 31.5. The first-order chi connectivity index (χ1) is 20.6. The van der Waals surface area contributed by atoms with Gasteiger partial charge in [-0.15, -0.1) is 0 Å². The number of aryl methyl sites for hydroxylation is 2. The monoisotopic (exact) mass is 738 g/mol. The summed E-state index contributed by atoms with van der Waals surface area (Å²) in [5, 5.41) is 5.96. The maximum absolute atomic E-state index is 12.3. The average Bonchev–Trinajstić information content (AvgIpc) is 3.00. The quantitative estimate of drug-likeness (QED) is 0.122. The second-order valence-electron chi connectivity index (χ2n) is 11.9. The van der Waals surface area contributed by atoms with E-state index in [1.807, 2.05) is 49.1 Å². The van der Waals surface area contributed by atoms with Crippen LogP contribution in [0.5, 0.6) is 0 Å². The second kappa shape index (κ2) is 28.7. The number of unbranched alkanes of at least 4 members (excludes halogenated alkanes) is 15. The SMILES string of the molecule is CCCCCCCCCC[n+]1ccc(NC(=O)CCCCC(=O)Nc2cc[n+](CCCCCCCCCC)cc2)cc1.[Br-].[Br-]. The molecule has 0 fully saturated rings. The highest BCUT2D eigenvalue weighted by molar-refractivity contribution is 5.91. The Balaban J connectivity index is 0.00000924. The molecular weight excluding hydrogens is 680 g/mol. The minimum atomic E-state index is 0. The number of carbonyl (C=O) groups is 2. The van der Waals surface area contributed by atoms with Crippen molar-refractivity contribution in [3.05, 3.63) is 49.1 Å². The fourth-order valence-corrected chi connectivity index (χ4v) is 5.25. The number of hydrogen-bond acceptors (Lipinski definition) is 2. The molecule has 2 heterocycles. The molecule has 0 saturated carbocycles. The van der Waals surface area contributed by atoms with Gasteiger partial charge < -0.3 is 44.6 Å². The van der Waals surface area contributed by atoms with Crippen molar-refractivity contribution in [1.82, 2.24) is 0 Å². The fraction of sp³-hybridized carbons (Fsp3) is 0.667. The van der Waals surface area contributed by atoms with Crippen LogP contribution in [0.4, 0.5) is 11.4 Å². The highest BCUT2D eigenvalue weighted by Crippen LogP contribution is 2.11. The second-order valence-corrected chi connectivity index (χ2v) is 11.9. The molecule has 44 heavy (non-hydrogen) atoms. The minimum absolute atomic E-state index is 0. The molecule has 0 aliphatic carbocycles. The van der Waals surface area contributed by atoms with E-state index in [2.05, 4.69) is 33.6 Å². The Morgan fingerprint density at radius 3 is 1.09 bits per heavy atom. The largest absolute Gasteiger partial charge is 1.00 e. The van der Waals surface area contributed by atoms with Crippen LogP contribution in [0.25, 0.3) is 0 Å². The van der Waals surface area contributed by atoms with Crippen molar-refractivity contribution >= 4 is 23.2 Å². The molecule has 0 aromatic carbocycles. The summed E-state index contributed by atoms with van der Waals surface area (Å²) in [4.78, 5) is 24.7. The summed E-state index contributed by atoms with van der Waals surface area (Å²) in [7, 11) is 0. The van der Waals surface area contributed by atoms with Crippen molar-refractivity contribution in [3.8, 4) is 0 Å². The van der Waals surface area contributed by atoms with Gasteiger partial charge in [0.2, 0.25) is 11.8 Å². The number of aromatic nitrogens is 2. The summed E-state index contributed by atoms with van der Waals surface area (Å²) in [5.41, 5.74) is 1.65. The Bertz CT molecular complexity index is 892. The highest BCUT2D eigenvalue weighted by Gasteiger charge is 2.08. The summed E-state index contributed by atoms with van der Waals surface area (Å²) >= 11 is 0. The standard InChI is InChI=1S/C36H58N4O2.2BrH/c1-3-5-7-9-11-13-15-19-27-39-29-23-33(24-30-39)37-35(41)21-17-18-22-36(42)38-34-25-31-40(32-26-34)28-20-16-14-12-10-8-6-4-2;;/h23-26,29-32H,3-22,27-28H2,1-2H3;2*1H. The van der Waals surface area contributed by atoms with Gasteiger partial charge in [0, 0.05) is 49.9 Å². The summed E-state index contributed by atoms with van der Waals surface area (Å²) < 4.78 is 4.38. The number of pyridine rings is 2. The van der Waals surface area contributed by atoms with Gasteiger partial charge in [0.25, 0.3) is 0 Å². The van der Waals surface area contributed by atoms with Crippen molar-refractivity contribution < 1.29 is 52.7 Å². The molecule has 0 spiro atoms. The maximum Gasteiger partial charge on any atom is 0.224 e. The van der Waals surface area contributed by atoms with E-state index in [9.17, 15) is 9.59 Å². The molecule has 0 bridgehead atoms. The lowest BCUT2D eigenvalue weighted by molar-refractivity contribution is -0.697. The Morgan fingerprint density at radius 2 is 0.773 bits per heavy atom. The van der Waals surface area contributed by atoms with Crippen molar-refractivity contribution in [2.75, 3.05) is 10.6 Å². The van der Waals surface area contributed by atoms with Crippen LogP contribution >= 0.6 is 0 Å². The molecule has 250 valence electrons. The van der Waals surface area contributed by atoms with Crippen LogP contribution < -0.4 is 53.7 Å². The first kappa shape index (κ1) is 42.2. The molecule has 2 aromatic rings. The van der Waals surface area contributed by atoms with Gasteiger partial charge in [-0.25, -0.2) is 9.13 Å². The molecule has 6 nitrogen and oxygen atoms in total. The maximum atomic E-state index is 12.3. The molecule has 0 atom stereocenters. The summed E-state index contributed by atoms with van der Waals surface area (Å²) in [5.74, 6) is 0.000626. The van der Waals surface area contributed by atoms with E-state index in [-0.39, 0.29) is 45.8 Å². The van der Waals surface area contributed by atoms with Crippen LogP contribution in [0.15, 0.2) is 49.1 Å². The number of carbonyl (C=O) groups excluding carboxylic acids is 2. The average molecular weight is 741 g/mol. The normalized spacial score (nSPS) is 10.5. The van der Waals surface area contributed by atoms with Gasteiger partial charge in [-0.2, -0.15) is 0 Å². The van der Waals surface area contributed by atoms with E-state index in [0.717, 1.165) is 24.5 Å². The van der Waals surface area contributed by atoms with Crippen LogP contribution in [0.3, 0.4) is 0 Å². The van der Waals surface area contributed by atoms with Gasteiger partial charge in [0.1, 0.15) is 13.1 Å². The minimum Gasteiger partial charge on any atom is -1.00 e. The first-order valence-electron chi connectivity index (χ1n) is 17.2. The molecule has 2 amide bonds. The topological polar surface area (TPSA) is 66.0 Å². The zero-order valence-corrected chi connectivity index (χ0v) is 30.8. The van der Waals surface area contributed by atoms with Gasteiger partial charge in [0.15, 0.2) is 24.8 Å². The van der Waals surface area contributed by atoms with E-state index in [1.54, 1.807) is 0 Å². The molecule has 0 radical (unpaired) electrons. The van der Waals surface area contributed by atoms with Crippen molar-refractivity contribution in [2.24, 2.45) is 0 Å². The number of rotatable bonds is 25. The molecule has 2 aromatic heterocycles. The van der Waals surface area contributed by atoms with E-state index in [1.165, 1.54) is 103 Å². The van der Waals surface area contributed by atoms with Crippen LogP contribution in [0.1, 0.15) is 142 Å². The van der Waals surface area contributed by atoms with Crippen molar-refractivity contribution in [1.29, 1.82) is 0 Å². The molecule has 0 saturated heterocycles. The zero-order valence-electron chi connectivity index (χ0n) is 27.6. The lowest BCUT2D eigenvalue weighted by Crippen LogP contribution is -3.00. The molecule has 0 aliphatic rings. The number of anilines is 2. The smallest absolute Gasteiger partial charge is 0.224 e.